The molecule has 0 unspecified atom stereocenters. The Morgan fingerprint density at radius 2 is 1.71 bits per heavy atom. The van der Waals surface area contributed by atoms with Crippen LogP contribution < -0.4 is 0 Å². The van der Waals surface area contributed by atoms with Crippen molar-refractivity contribution in [2.45, 2.75) is 90.8 Å². The van der Waals surface area contributed by atoms with E-state index >= 15 is 0 Å². The third-order valence-corrected chi connectivity index (χ3v) is 6.53. The zero-order valence-corrected chi connectivity index (χ0v) is 15.8. The first kappa shape index (κ1) is 17.8. The molecule has 4 heteroatoms. The Balaban J connectivity index is 1.64. The fourth-order valence-corrected chi connectivity index (χ4v) is 4.40. The third kappa shape index (κ3) is 3.62. The molecule has 136 valence electrons. The van der Waals surface area contributed by atoms with Gasteiger partial charge in [-0.1, -0.05) is 20.8 Å². The second-order valence-corrected chi connectivity index (χ2v) is 8.82. The molecule has 24 heavy (non-hydrogen) atoms. The third-order valence-electron chi connectivity index (χ3n) is 6.53. The normalized spacial score (nSPS) is 32.3. The molecule has 3 fully saturated rings. The Hall–Kier alpha value is -1.06. The van der Waals surface area contributed by atoms with Crippen molar-refractivity contribution in [1.29, 1.82) is 0 Å². The van der Waals surface area contributed by atoms with Gasteiger partial charge in [0.05, 0.1) is 5.92 Å². The van der Waals surface area contributed by atoms with Crippen LogP contribution in [0.25, 0.3) is 0 Å². The largest absolute Gasteiger partial charge is 0.339 e. The van der Waals surface area contributed by atoms with Crippen LogP contribution in [0.3, 0.4) is 0 Å². The Morgan fingerprint density at radius 1 is 1.08 bits per heavy atom. The number of nitrogens with zero attached hydrogens (tertiary/aromatic N) is 2. The molecular weight excluding hydrogens is 300 g/mol. The standard InChI is InChI=1S/C20H34N2O2/c1-13(2)15(4)22(18-9-10-18)20(24)16-11-19(23)21(12-16)17-7-5-14(3)6-8-17/h13-18H,5-12H2,1-4H3/t14?,15-,16-,17?/m0/s1. The van der Waals surface area contributed by atoms with Crippen molar-refractivity contribution in [1.82, 2.24) is 9.80 Å². The molecule has 0 aromatic carbocycles. The van der Waals surface area contributed by atoms with Gasteiger partial charge in [-0.05, 0) is 57.3 Å². The van der Waals surface area contributed by atoms with E-state index in [-0.39, 0.29) is 23.8 Å². The maximum Gasteiger partial charge on any atom is 0.228 e. The van der Waals surface area contributed by atoms with E-state index in [0.29, 0.717) is 31.0 Å². The minimum absolute atomic E-state index is 0.112. The van der Waals surface area contributed by atoms with Crippen LogP contribution in [0.15, 0.2) is 0 Å². The molecule has 1 saturated heterocycles. The fraction of sp³-hybridized carbons (Fsp3) is 0.900. The van der Waals surface area contributed by atoms with Crippen LogP contribution in [-0.2, 0) is 9.59 Å². The zero-order valence-electron chi connectivity index (χ0n) is 15.8. The average molecular weight is 335 g/mol. The Kier molecular flexibility index (Phi) is 5.22. The molecule has 0 aromatic rings. The summed E-state index contributed by atoms with van der Waals surface area (Å²) in [6.45, 7) is 9.49. The molecule has 1 heterocycles. The van der Waals surface area contributed by atoms with Crippen LogP contribution in [0.4, 0.5) is 0 Å². The molecule has 0 spiro atoms. The summed E-state index contributed by atoms with van der Waals surface area (Å²) in [6.07, 6.45) is 7.35. The summed E-state index contributed by atoms with van der Waals surface area (Å²) in [7, 11) is 0. The van der Waals surface area contributed by atoms with Gasteiger partial charge in [0.25, 0.3) is 0 Å². The monoisotopic (exact) mass is 334 g/mol. The highest BCUT2D eigenvalue weighted by atomic mass is 16.2. The first-order valence-corrected chi connectivity index (χ1v) is 10.00. The lowest BCUT2D eigenvalue weighted by molar-refractivity contribution is -0.139. The van der Waals surface area contributed by atoms with Crippen LogP contribution >= 0.6 is 0 Å². The van der Waals surface area contributed by atoms with Gasteiger partial charge in [-0.3, -0.25) is 9.59 Å². The van der Waals surface area contributed by atoms with E-state index in [4.69, 9.17) is 0 Å². The van der Waals surface area contributed by atoms with Crippen LogP contribution in [0.1, 0.15) is 72.6 Å². The predicted molar refractivity (Wildman–Crippen MR) is 95.4 cm³/mol. The molecule has 0 N–H and O–H groups in total. The Bertz CT molecular complexity index is 478. The second-order valence-electron chi connectivity index (χ2n) is 8.82. The fourth-order valence-electron chi connectivity index (χ4n) is 4.40. The van der Waals surface area contributed by atoms with Gasteiger partial charge >= 0.3 is 0 Å². The molecule has 2 aliphatic carbocycles. The van der Waals surface area contributed by atoms with Crippen molar-refractivity contribution in [3.63, 3.8) is 0 Å². The molecule has 2 atom stereocenters. The number of carbonyl (C=O) groups is 2. The summed E-state index contributed by atoms with van der Waals surface area (Å²) >= 11 is 0. The number of rotatable bonds is 5. The van der Waals surface area contributed by atoms with E-state index in [2.05, 4.69) is 32.6 Å². The number of likely N-dealkylation sites (tertiary alicyclic amines) is 1. The Morgan fingerprint density at radius 3 is 2.25 bits per heavy atom. The average Bonchev–Trinajstić information content (AvgIpc) is 3.29. The molecular formula is C20H34N2O2. The molecule has 0 radical (unpaired) electrons. The summed E-state index contributed by atoms with van der Waals surface area (Å²) in [5.41, 5.74) is 0. The molecule has 4 nitrogen and oxygen atoms in total. The van der Waals surface area contributed by atoms with E-state index in [1.54, 1.807) is 0 Å². The van der Waals surface area contributed by atoms with Gasteiger partial charge < -0.3 is 9.80 Å². The van der Waals surface area contributed by atoms with Gasteiger partial charge in [0.1, 0.15) is 0 Å². The molecule has 3 rings (SSSR count). The quantitative estimate of drug-likeness (QED) is 0.772. The molecule has 0 bridgehead atoms. The second kappa shape index (κ2) is 7.05. The summed E-state index contributed by atoms with van der Waals surface area (Å²) in [4.78, 5) is 29.8. The van der Waals surface area contributed by atoms with E-state index in [9.17, 15) is 9.59 Å². The number of hydrogen-bond donors (Lipinski definition) is 0. The molecule has 2 amide bonds. The van der Waals surface area contributed by atoms with Gasteiger partial charge in [0, 0.05) is 31.1 Å². The number of amides is 2. The summed E-state index contributed by atoms with van der Waals surface area (Å²) in [6, 6.07) is 1.07. The van der Waals surface area contributed by atoms with Crippen LogP contribution in [0, 0.1) is 17.8 Å². The Labute approximate surface area is 146 Å². The first-order chi connectivity index (χ1) is 11.4. The van der Waals surface area contributed by atoms with E-state index in [1.165, 1.54) is 12.8 Å². The molecule has 3 aliphatic rings. The number of carbonyl (C=O) groups excluding carboxylic acids is 2. The minimum Gasteiger partial charge on any atom is -0.339 e. The zero-order chi connectivity index (χ0) is 17.4. The van der Waals surface area contributed by atoms with Gasteiger partial charge in [0.2, 0.25) is 11.8 Å². The van der Waals surface area contributed by atoms with Gasteiger partial charge in [-0.15, -0.1) is 0 Å². The summed E-state index contributed by atoms with van der Waals surface area (Å²) < 4.78 is 0. The lowest BCUT2D eigenvalue weighted by atomic mass is 9.86. The highest BCUT2D eigenvalue weighted by molar-refractivity contribution is 5.89. The summed E-state index contributed by atoms with van der Waals surface area (Å²) in [5, 5.41) is 0. The van der Waals surface area contributed by atoms with Crippen LogP contribution in [-0.4, -0.2) is 46.3 Å². The highest BCUT2D eigenvalue weighted by Crippen LogP contribution is 2.36. The van der Waals surface area contributed by atoms with Crippen molar-refractivity contribution in [3.8, 4) is 0 Å². The van der Waals surface area contributed by atoms with Gasteiger partial charge in [-0.2, -0.15) is 0 Å². The maximum atomic E-state index is 13.1. The van der Waals surface area contributed by atoms with Gasteiger partial charge in [-0.25, -0.2) is 0 Å². The van der Waals surface area contributed by atoms with Crippen molar-refractivity contribution >= 4 is 11.8 Å². The molecule has 0 aromatic heterocycles. The topological polar surface area (TPSA) is 40.6 Å². The van der Waals surface area contributed by atoms with Crippen molar-refractivity contribution < 1.29 is 9.59 Å². The predicted octanol–water partition coefficient (Wildman–Crippen LogP) is 3.45. The molecule has 1 aliphatic heterocycles. The first-order valence-electron chi connectivity index (χ1n) is 10.00. The maximum absolute atomic E-state index is 13.1. The van der Waals surface area contributed by atoms with E-state index < -0.39 is 0 Å². The lowest BCUT2D eigenvalue weighted by Gasteiger charge is -2.35. The van der Waals surface area contributed by atoms with E-state index in [1.807, 2.05) is 4.90 Å². The van der Waals surface area contributed by atoms with Crippen LogP contribution in [0.5, 0.6) is 0 Å². The smallest absolute Gasteiger partial charge is 0.228 e. The van der Waals surface area contributed by atoms with Gasteiger partial charge in [0.15, 0.2) is 0 Å². The van der Waals surface area contributed by atoms with E-state index in [0.717, 1.165) is 31.6 Å². The summed E-state index contributed by atoms with van der Waals surface area (Å²) in [5.74, 6) is 1.58. The van der Waals surface area contributed by atoms with Crippen molar-refractivity contribution in [2.75, 3.05) is 6.54 Å². The van der Waals surface area contributed by atoms with Crippen LogP contribution in [0.2, 0.25) is 0 Å². The lowest BCUT2D eigenvalue weighted by Crippen LogP contribution is -2.47. The van der Waals surface area contributed by atoms with Crippen molar-refractivity contribution in [2.24, 2.45) is 17.8 Å². The van der Waals surface area contributed by atoms with Crippen molar-refractivity contribution in [3.05, 3.63) is 0 Å². The molecule has 2 saturated carbocycles. The highest BCUT2D eigenvalue weighted by Gasteiger charge is 2.44. The SMILES string of the molecule is CC1CCC(N2C[C@@H](C(=O)N(C3CC3)[C@@H](C)C(C)C)CC2=O)CC1. The number of hydrogen-bond acceptors (Lipinski definition) is 2. The minimum atomic E-state index is -0.112.